The Balaban J connectivity index is 1.23. The zero-order valence-electron chi connectivity index (χ0n) is 19.5. The van der Waals surface area contributed by atoms with Crippen LogP contribution < -0.4 is 5.32 Å². The maximum absolute atomic E-state index is 12.7. The fourth-order valence-electron chi connectivity index (χ4n) is 5.04. The largest absolute Gasteiger partial charge is 0.481 e. The van der Waals surface area contributed by atoms with Gasteiger partial charge in [0.1, 0.15) is 6.61 Å². The molecule has 2 N–H and O–H groups in total. The van der Waals surface area contributed by atoms with E-state index in [1.807, 2.05) is 4.90 Å². The Morgan fingerprint density at radius 3 is 2.44 bits per heavy atom. The second-order valence-corrected chi connectivity index (χ2v) is 10.5. The molecule has 1 aromatic rings. The molecule has 1 saturated carbocycles. The molecular weight excluding hydrogens is 456 g/mol. The Labute approximate surface area is 204 Å². The number of carbonyl (C=O) groups is 3. The highest BCUT2D eigenvalue weighted by molar-refractivity contribution is 7.11. The van der Waals surface area contributed by atoms with E-state index in [0.29, 0.717) is 44.9 Å². The van der Waals surface area contributed by atoms with Gasteiger partial charge in [-0.15, -0.1) is 11.3 Å². The highest BCUT2D eigenvalue weighted by Gasteiger charge is 2.31. The van der Waals surface area contributed by atoms with E-state index >= 15 is 0 Å². The number of amides is 3. The Hall–Kier alpha value is -2.62. The number of carboxylic acid groups (broad SMARTS) is 1. The molecule has 0 bridgehead atoms. The van der Waals surface area contributed by atoms with Gasteiger partial charge in [0.15, 0.2) is 0 Å². The third-order valence-electron chi connectivity index (χ3n) is 7.14. The first-order chi connectivity index (χ1) is 16.4. The molecule has 0 radical (unpaired) electrons. The topological polar surface area (TPSA) is 112 Å². The van der Waals surface area contributed by atoms with Crippen LogP contribution in [0.4, 0.5) is 9.59 Å². The van der Waals surface area contributed by atoms with E-state index in [1.54, 1.807) is 22.3 Å². The molecule has 0 atom stereocenters. The number of hydrogen-bond donors (Lipinski definition) is 2. The second-order valence-electron chi connectivity index (χ2n) is 9.37. The van der Waals surface area contributed by atoms with E-state index in [2.05, 4.69) is 11.9 Å². The van der Waals surface area contributed by atoms with Crippen molar-refractivity contribution >= 4 is 29.4 Å². The van der Waals surface area contributed by atoms with E-state index in [4.69, 9.17) is 14.8 Å². The summed E-state index contributed by atoms with van der Waals surface area (Å²) in [5, 5.41) is 13.4. The van der Waals surface area contributed by atoms with Crippen molar-refractivity contribution in [3.63, 3.8) is 0 Å². The fraction of sp³-hybridized carbons (Fsp3) is 0.667. The van der Waals surface area contributed by atoms with E-state index in [1.165, 1.54) is 4.88 Å². The molecule has 9 nitrogen and oxygen atoms in total. The summed E-state index contributed by atoms with van der Waals surface area (Å²) in [4.78, 5) is 45.8. The zero-order chi connectivity index (χ0) is 24.1. The number of ether oxygens (including phenoxy) is 1. The van der Waals surface area contributed by atoms with Crippen LogP contribution >= 0.6 is 11.3 Å². The van der Waals surface area contributed by atoms with Gasteiger partial charge in [0.05, 0.1) is 16.6 Å². The van der Waals surface area contributed by atoms with Crippen molar-refractivity contribution in [3.05, 3.63) is 28.2 Å². The number of carboxylic acids is 1. The predicted molar refractivity (Wildman–Crippen MR) is 128 cm³/mol. The van der Waals surface area contributed by atoms with Gasteiger partial charge in [0, 0.05) is 55.9 Å². The summed E-state index contributed by atoms with van der Waals surface area (Å²) >= 11 is 1.75. The van der Waals surface area contributed by atoms with Crippen LogP contribution in [-0.4, -0.2) is 76.8 Å². The zero-order valence-corrected chi connectivity index (χ0v) is 20.4. The first-order valence-electron chi connectivity index (χ1n) is 12.2. The van der Waals surface area contributed by atoms with Gasteiger partial charge in [0.2, 0.25) is 0 Å². The summed E-state index contributed by atoms with van der Waals surface area (Å²) in [5.74, 6) is -0.637. The van der Waals surface area contributed by atoms with E-state index in [9.17, 15) is 14.4 Å². The summed E-state index contributed by atoms with van der Waals surface area (Å²) in [6.07, 6.45) is 7.31. The summed E-state index contributed by atoms with van der Waals surface area (Å²) in [6, 6.07) is 0.0413. The molecule has 1 aromatic heterocycles. The Morgan fingerprint density at radius 1 is 1.06 bits per heavy atom. The highest BCUT2D eigenvalue weighted by atomic mass is 32.1. The molecule has 0 unspecified atom stereocenters. The van der Waals surface area contributed by atoms with Crippen LogP contribution in [0.25, 0.3) is 0 Å². The standard InChI is InChI=1S/C24H34N4O5S/c1-2-15-33-24(32)28-13-9-19-20(10-14-28)34-21(26-19)16-7-11-27(12-8-16)23(31)25-18-5-3-17(4-6-18)22(29)30/h2,16-18H,1,3-15H2,(H,25,31)(H,29,30). The smallest absolute Gasteiger partial charge is 0.410 e. The van der Waals surface area contributed by atoms with Crippen molar-refractivity contribution < 1.29 is 24.2 Å². The number of thiazole rings is 1. The van der Waals surface area contributed by atoms with Gasteiger partial charge in [-0.05, 0) is 38.5 Å². The number of aliphatic carboxylic acids is 1. The van der Waals surface area contributed by atoms with Crippen molar-refractivity contribution in [3.8, 4) is 0 Å². The number of carbonyl (C=O) groups excluding carboxylic acids is 2. The SMILES string of the molecule is C=CCOC(=O)N1CCc2nc(C3CCN(C(=O)NC4CCC(C(=O)O)CC4)CC3)sc2CC1. The van der Waals surface area contributed by atoms with Gasteiger partial charge >= 0.3 is 18.1 Å². The molecule has 3 heterocycles. The molecule has 0 aromatic carbocycles. The average molecular weight is 491 g/mol. The first-order valence-corrected chi connectivity index (χ1v) is 13.1. The molecule has 2 fully saturated rings. The summed E-state index contributed by atoms with van der Waals surface area (Å²) in [6.45, 7) is 6.45. The second kappa shape index (κ2) is 11.2. The Bertz CT molecular complexity index is 878. The monoisotopic (exact) mass is 490 g/mol. The van der Waals surface area contributed by atoms with Crippen molar-refractivity contribution in [2.24, 2.45) is 5.92 Å². The molecule has 186 valence electrons. The molecular formula is C24H34N4O5S. The van der Waals surface area contributed by atoms with E-state index in [-0.39, 0.29) is 30.7 Å². The van der Waals surface area contributed by atoms with Crippen molar-refractivity contribution in [1.82, 2.24) is 20.1 Å². The van der Waals surface area contributed by atoms with Crippen LogP contribution in [-0.2, 0) is 22.4 Å². The summed E-state index contributed by atoms with van der Waals surface area (Å²) in [7, 11) is 0. The van der Waals surface area contributed by atoms with Crippen LogP contribution in [0.1, 0.15) is 60.0 Å². The lowest BCUT2D eigenvalue weighted by Gasteiger charge is -2.34. The van der Waals surface area contributed by atoms with Crippen molar-refractivity contribution in [2.75, 3.05) is 32.8 Å². The number of nitrogens with one attached hydrogen (secondary N) is 1. The van der Waals surface area contributed by atoms with Crippen molar-refractivity contribution in [1.29, 1.82) is 0 Å². The third-order valence-corrected chi connectivity index (χ3v) is 8.46. The van der Waals surface area contributed by atoms with E-state index < -0.39 is 5.97 Å². The van der Waals surface area contributed by atoms with Gasteiger partial charge < -0.3 is 25.0 Å². The molecule has 4 rings (SSSR count). The lowest BCUT2D eigenvalue weighted by Crippen LogP contribution is -2.48. The minimum Gasteiger partial charge on any atom is -0.481 e. The molecule has 3 aliphatic rings. The minimum atomic E-state index is -0.727. The van der Waals surface area contributed by atoms with Crippen LogP contribution in [0.5, 0.6) is 0 Å². The van der Waals surface area contributed by atoms with Gasteiger partial charge in [0.25, 0.3) is 0 Å². The maximum atomic E-state index is 12.7. The number of fused-ring (bicyclic) bond motifs is 1. The average Bonchev–Trinajstić information content (AvgIpc) is 3.15. The number of nitrogens with zero attached hydrogens (tertiary/aromatic N) is 3. The number of hydrogen-bond acceptors (Lipinski definition) is 6. The van der Waals surface area contributed by atoms with Gasteiger partial charge in [-0.3, -0.25) is 4.79 Å². The molecule has 3 amide bonds. The molecule has 10 heteroatoms. The van der Waals surface area contributed by atoms with Crippen LogP contribution in [0.2, 0.25) is 0 Å². The van der Waals surface area contributed by atoms with Gasteiger partial charge in [-0.25, -0.2) is 14.6 Å². The summed E-state index contributed by atoms with van der Waals surface area (Å²) < 4.78 is 5.16. The minimum absolute atomic E-state index is 0.0319. The van der Waals surface area contributed by atoms with Crippen LogP contribution in [0.3, 0.4) is 0 Å². The quantitative estimate of drug-likeness (QED) is 0.612. The number of rotatable bonds is 5. The summed E-state index contributed by atoms with van der Waals surface area (Å²) in [5.41, 5.74) is 1.09. The van der Waals surface area contributed by atoms with E-state index in [0.717, 1.165) is 49.2 Å². The number of piperidine rings is 1. The molecule has 0 spiro atoms. The van der Waals surface area contributed by atoms with Crippen LogP contribution in [0, 0.1) is 5.92 Å². The third kappa shape index (κ3) is 5.89. The first kappa shape index (κ1) is 24.5. The molecule has 34 heavy (non-hydrogen) atoms. The molecule has 1 aliphatic carbocycles. The lowest BCUT2D eigenvalue weighted by atomic mass is 9.86. The Kier molecular flexibility index (Phi) is 8.07. The van der Waals surface area contributed by atoms with Gasteiger partial charge in [-0.1, -0.05) is 12.7 Å². The predicted octanol–water partition coefficient (Wildman–Crippen LogP) is 3.40. The Morgan fingerprint density at radius 2 is 1.76 bits per heavy atom. The number of aromatic nitrogens is 1. The maximum Gasteiger partial charge on any atom is 0.410 e. The molecule has 1 saturated heterocycles. The van der Waals surface area contributed by atoms with Gasteiger partial charge in [-0.2, -0.15) is 0 Å². The highest BCUT2D eigenvalue weighted by Crippen LogP contribution is 2.34. The normalized spacial score (nSPS) is 23.5. The van der Waals surface area contributed by atoms with Crippen molar-refractivity contribution in [2.45, 2.75) is 63.3 Å². The number of urea groups is 1. The number of likely N-dealkylation sites (tertiary alicyclic amines) is 1. The lowest BCUT2D eigenvalue weighted by molar-refractivity contribution is -0.142. The molecule has 2 aliphatic heterocycles. The fourth-order valence-corrected chi connectivity index (χ4v) is 6.31. The van der Waals surface area contributed by atoms with Crippen LogP contribution in [0.15, 0.2) is 12.7 Å².